The molecule has 0 amide bonds. The fraction of sp³-hybridized carbons (Fsp3) is 0. The number of anilines is 6. The summed E-state index contributed by atoms with van der Waals surface area (Å²) in [4.78, 5) is 10.3. The van der Waals surface area contributed by atoms with Gasteiger partial charge in [0.15, 0.2) is 0 Å². The minimum Gasteiger partial charge on any atom is -0.305 e. The third-order valence-corrected chi connectivity index (χ3v) is 13.3. The number of pyridine rings is 2. The van der Waals surface area contributed by atoms with Gasteiger partial charge in [-0.1, -0.05) is 146 Å². The summed E-state index contributed by atoms with van der Waals surface area (Å²) < 4.78 is 4.81. The molecule has 0 bridgehead atoms. The molecule has 1 aliphatic heterocycles. The molecule has 5 aromatic heterocycles. The van der Waals surface area contributed by atoms with E-state index >= 15 is 0 Å². The topological polar surface area (TPSA) is 28.7 Å². The molecule has 8 aromatic carbocycles. The Morgan fingerprint density at radius 2 is 0.891 bits per heavy atom. The Hall–Kier alpha value is -8.67. The lowest BCUT2D eigenvalue weighted by Gasteiger charge is -2.39. The summed E-state index contributed by atoms with van der Waals surface area (Å²) in [6, 6.07) is 81.3. The lowest BCUT2D eigenvalue weighted by Crippen LogP contribution is -2.23. The van der Waals surface area contributed by atoms with Crippen LogP contribution in [-0.4, -0.2) is 14.0 Å². The largest absolute Gasteiger partial charge is 0.305 e. The number of aromatic nitrogens is 3. The predicted octanol–water partition coefficient (Wildman–Crippen LogP) is 15.9. The SMILES string of the molecule is c1ccc(-c2cc(-n3c4ccccc4c4cc(-c5ccc6c(c5)N(c5ccccc5)c5c(c7c8ccccc8c8cccc5n87)N6c5ccccc5)ccc43)nc3ccccc23)cc1. The van der Waals surface area contributed by atoms with Gasteiger partial charge in [0.2, 0.25) is 0 Å². The van der Waals surface area contributed by atoms with Crippen LogP contribution in [-0.2, 0) is 0 Å². The summed E-state index contributed by atoms with van der Waals surface area (Å²) in [6.45, 7) is 0. The molecule has 0 unspecified atom stereocenters. The van der Waals surface area contributed by atoms with Crippen molar-refractivity contribution in [1.82, 2.24) is 14.0 Å². The first-order chi connectivity index (χ1) is 31.8. The van der Waals surface area contributed by atoms with Crippen molar-refractivity contribution in [3.8, 4) is 28.1 Å². The van der Waals surface area contributed by atoms with Crippen LogP contribution in [0, 0.1) is 0 Å². The zero-order valence-electron chi connectivity index (χ0n) is 34.6. The maximum absolute atomic E-state index is 5.32. The van der Waals surface area contributed by atoms with E-state index in [0.717, 1.165) is 61.6 Å². The molecule has 298 valence electrons. The van der Waals surface area contributed by atoms with Crippen LogP contribution >= 0.6 is 0 Å². The molecule has 1 aliphatic rings. The van der Waals surface area contributed by atoms with E-state index in [1.807, 2.05) is 0 Å². The second kappa shape index (κ2) is 13.4. The Bertz CT molecular complexity index is 3960. The van der Waals surface area contributed by atoms with Gasteiger partial charge in [-0.25, -0.2) is 4.98 Å². The molecule has 64 heavy (non-hydrogen) atoms. The monoisotopic (exact) mass is 815 g/mol. The highest BCUT2D eigenvalue weighted by atomic mass is 15.3. The second-order valence-corrected chi connectivity index (χ2v) is 16.8. The number of fused-ring (bicyclic) bond motifs is 11. The van der Waals surface area contributed by atoms with E-state index in [1.165, 1.54) is 60.6 Å². The predicted molar refractivity (Wildman–Crippen MR) is 267 cm³/mol. The average Bonchev–Trinajstić information content (AvgIpc) is 4.01. The van der Waals surface area contributed by atoms with Gasteiger partial charge in [0.05, 0.1) is 55.8 Å². The first kappa shape index (κ1) is 35.0. The summed E-state index contributed by atoms with van der Waals surface area (Å²) in [5.41, 5.74) is 18.3. The summed E-state index contributed by atoms with van der Waals surface area (Å²) in [6.07, 6.45) is 0. The van der Waals surface area contributed by atoms with E-state index in [-0.39, 0.29) is 0 Å². The van der Waals surface area contributed by atoms with Crippen LogP contribution in [0.2, 0.25) is 0 Å². The molecule has 0 saturated carbocycles. The highest BCUT2D eigenvalue weighted by molar-refractivity contribution is 6.23. The quantitative estimate of drug-likeness (QED) is 0.173. The van der Waals surface area contributed by atoms with Gasteiger partial charge in [0, 0.05) is 38.3 Å². The van der Waals surface area contributed by atoms with Crippen molar-refractivity contribution >= 4 is 94.2 Å². The fourth-order valence-electron chi connectivity index (χ4n) is 10.6. The van der Waals surface area contributed by atoms with Crippen molar-refractivity contribution in [2.24, 2.45) is 0 Å². The molecule has 0 saturated heterocycles. The third-order valence-electron chi connectivity index (χ3n) is 13.3. The van der Waals surface area contributed by atoms with Crippen LogP contribution in [0.1, 0.15) is 0 Å². The van der Waals surface area contributed by atoms with Crippen molar-refractivity contribution in [3.05, 3.63) is 224 Å². The molecular formula is C59H37N5. The zero-order chi connectivity index (χ0) is 41.9. The molecule has 0 N–H and O–H groups in total. The van der Waals surface area contributed by atoms with Gasteiger partial charge < -0.3 is 14.2 Å². The van der Waals surface area contributed by atoms with E-state index in [9.17, 15) is 0 Å². The van der Waals surface area contributed by atoms with Crippen molar-refractivity contribution in [2.45, 2.75) is 0 Å². The first-order valence-corrected chi connectivity index (χ1v) is 21.9. The van der Waals surface area contributed by atoms with Gasteiger partial charge in [-0.15, -0.1) is 0 Å². The van der Waals surface area contributed by atoms with Crippen LogP contribution in [0.4, 0.5) is 34.1 Å². The van der Waals surface area contributed by atoms with Gasteiger partial charge in [0.1, 0.15) is 5.82 Å². The van der Waals surface area contributed by atoms with Crippen molar-refractivity contribution in [3.63, 3.8) is 0 Å². The summed E-state index contributed by atoms with van der Waals surface area (Å²) in [5, 5.41) is 6.03. The number of benzene rings is 8. The highest BCUT2D eigenvalue weighted by Crippen LogP contribution is 2.60. The minimum absolute atomic E-state index is 0.902. The summed E-state index contributed by atoms with van der Waals surface area (Å²) in [7, 11) is 0. The number of hydrogen-bond donors (Lipinski definition) is 0. The fourth-order valence-corrected chi connectivity index (χ4v) is 10.6. The molecule has 13 aromatic rings. The second-order valence-electron chi connectivity index (χ2n) is 16.8. The van der Waals surface area contributed by atoms with E-state index in [4.69, 9.17) is 4.98 Å². The molecule has 5 heteroatoms. The lowest BCUT2D eigenvalue weighted by atomic mass is 9.98. The molecule has 0 fully saturated rings. The van der Waals surface area contributed by atoms with Crippen LogP contribution in [0.15, 0.2) is 224 Å². The van der Waals surface area contributed by atoms with E-state index in [0.29, 0.717) is 0 Å². The van der Waals surface area contributed by atoms with E-state index in [2.05, 4.69) is 243 Å². The number of rotatable bonds is 5. The van der Waals surface area contributed by atoms with Crippen LogP contribution in [0.3, 0.4) is 0 Å². The van der Waals surface area contributed by atoms with Gasteiger partial charge >= 0.3 is 0 Å². The molecule has 0 atom stereocenters. The Morgan fingerprint density at radius 3 is 1.66 bits per heavy atom. The minimum atomic E-state index is 0.902. The Balaban J connectivity index is 1.00. The normalized spacial score (nSPS) is 12.6. The molecule has 0 radical (unpaired) electrons. The maximum atomic E-state index is 5.32. The van der Waals surface area contributed by atoms with Crippen LogP contribution in [0.25, 0.3) is 88.1 Å². The van der Waals surface area contributed by atoms with E-state index in [1.54, 1.807) is 0 Å². The Kier molecular flexibility index (Phi) is 7.33. The third kappa shape index (κ3) is 4.92. The summed E-state index contributed by atoms with van der Waals surface area (Å²) in [5.74, 6) is 0.902. The van der Waals surface area contributed by atoms with Crippen molar-refractivity contribution < 1.29 is 0 Å². The average molecular weight is 816 g/mol. The molecule has 5 nitrogen and oxygen atoms in total. The van der Waals surface area contributed by atoms with E-state index < -0.39 is 0 Å². The van der Waals surface area contributed by atoms with Gasteiger partial charge in [-0.05, 0) is 101 Å². The smallest absolute Gasteiger partial charge is 0.138 e. The molecule has 0 aliphatic carbocycles. The Labute approximate surface area is 368 Å². The number of para-hydroxylation sites is 4. The van der Waals surface area contributed by atoms with Crippen molar-refractivity contribution in [2.75, 3.05) is 9.80 Å². The molecule has 6 heterocycles. The molecular weight excluding hydrogens is 779 g/mol. The van der Waals surface area contributed by atoms with Crippen LogP contribution in [0.5, 0.6) is 0 Å². The first-order valence-electron chi connectivity index (χ1n) is 21.9. The Morgan fingerprint density at radius 1 is 0.328 bits per heavy atom. The maximum Gasteiger partial charge on any atom is 0.138 e. The standard InChI is InChI=1S/C59H37N5/c1-4-17-38(18-5-1)47-37-56(60-49-27-14-12-23-43(47)49)63-50-28-15-13-25-45(50)48-35-39(31-33-52(48)63)40-32-34-53-55(36-40)62(42-21-8-3-9-22-42)58-54-30-16-29-51-44-24-10-11-26-46(44)57(64(51)54)59(58)61(53)41-19-6-2-7-20-41/h1-37H. The molecule has 0 spiro atoms. The highest BCUT2D eigenvalue weighted by Gasteiger charge is 2.37. The van der Waals surface area contributed by atoms with Gasteiger partial charge in [0.25, 0.3) is 0 Å². The van der Waals surface area contributed by atoms with Gasteiger partial charge in [-0.3, -0.25) is 4.57 Å². The van der Waals surface area contributed by atoms with Gasteiger partial charge in [-0.2, -0.15) is 0 Å². The molecule has 14 rings (SSSR count). The summed E-state index contributed by atoms with van der Waals surface area (Å²) >= 11 is 0. The lowest BCUT2D eigenvalue weighted by molar-refractivity contribution is 1.10. The zero-order valence-corrected chi connectivity index (χ0v) is 34.6. The van der Waals surface area contributed by atoms with Crippen molar-refractivity contribution in [1.29, 1.82) is 0 Å². The number of nitrogens with zero attached hydrogens (tertiary/aromatic N) is 5. The number of hydrogen-bond acceptors (Lipinski definition) is 3. The van der Waals surface area contributed by atoms with Crippen LogP contribution < -0.4 is 9.80 Å².